The molecule has 0 aromatic carbocycles. The van der Waals surface area contributed by atoms with Crippen LogP contribution in [0.5, 0.6) is 0 Å². The molecule has 0 saturated heterocycles. The predicted octanol–water partition coefficient (Wildman–Crippen LogP) is 2.87. The molecule has 0 fully saturated rings. The number of nitrogens with zero attached hydrogens (tertiary/aromatic N) is 2. The van der Waals surface area contributed by atoms with Crippen LogP contribution in [-0.2, 0) is 12.4 Å². The zero-order chi connectivity index (χ0) is 15.8. The maximum Gasteiger partial charge on any atom is 0.433 e. The van der Waals surface area contributed by atoms with Gasteiger partial charge in [-0.2, -0.15) is 31.3 Å². The number of hydrogen-bond donors (Lipinski definition) is 1. The number of H-pyrrole nitrogens is 1. The van der Waals surface area contributed by atoms with Crippen LogP contribution in [0.1, 0.15) is 11.4 Å². The average Bonchev–Trinajstić information content (AvgIpc) is 2.36. The van der Waals surface area contributed by atoms with Crippen molar-refractivity contribution in [1.82, 2.24) is 15.0 Å². The Labute approximate surface area is 112 Å². The number of aromatic nitrogens is 3. The molecule has 2 aromatic heterocycles. The first-order chi connectivity index (χ1) is 9.57. The fourth-order valence-electron chi connectivity index (χ4n) is 1.47. The van der Waals surface area contributed by atoms with Gasteiger partial charge in [-0.25, -0.2) is 4.79 Å². The second kappa shape index (κ2) is 4.86. The summed E-state index contributed by atoms with van der Waals surface area (Å²) in [6.45, 7) is 0. The minimum atomic E-state index is -4.81. The Morgan fingerprint density at radius 3 is 2.14 bits per heavy atom. The summed E-state index contributed by atoms with van der Waals surface area (Å²) in [5.74, 6) is 0. The van der Waals surface area contributed by atoms with Gasteiger partial charge in [0.05, 0.1) is 5.69 Å². The summed E-state index contributed by atoms with van der Waals surface area (Å²) < 4.78 is 74.5. The summed E-state index contributed by atoms with van der Waals surface area (Å²) in [5.41, 5.74) is -4.38. The highest BCUT2D eigenvalue weighted by Gasteiger charge is 2.33. The molecule has 1 N–H and O–H groups in total. The van der Waals surface area contributed by atoms with E-state index in [4.69, 9.17) is 0 Å². The summed E-state index contributed by atoms with van der Waals surface area (Å²) in [7, 11) is 0. The van der Waals surface area contributed by atoms with E-state index in [1.165, 1.54) is 4.98 Å². The van der Waals surface area contributed by atoms with Crippen molar-refractivity contribution >= 4 is 0 Å². The molecule has 0 radical (unpaired) electrons. The van der Waals surface area contributed by atoms with Crippen molar-refractivity contribution in [3.05, 3.63) is 46.3 Å². The van der Waals surface area contributed by atoms with Gasteiger partial charge in [0, 0.05) is 11.8 Å². The lowest BCUT2D eigenvalue weighted by Gasteiger charge is -2.08. The third-order valence-corrected chi connectivity index (χ3v) is 2.40. The summed E-state index contributed by atoms with van der Waals surface area (Å²) >= 11 is 0. The Bertz CT molecular complexity index is 702. The molecule has 2 heterocycles. The lowest BCUT2D eigenvalue weighted by Crippen LogP contribution is -2.19. The number of halogens is 6. The van der Waals surface area contributed by atoms with Gasteiger partial charge < -0.3 is 4.98 Å². The van der Waals surface area contributed by atoms with Gasteiger partial charge in [-0.3, -0.25) is 4.98 Å². The van der Waals surface area contributed by atoms with E-state index in [0.717, 1.165) is 6.07 Å². The Balaban J connectivity index is 2.48. The highest BCUT2D eigenvalue weighted by atomic mass is 19.4. The second-order valence-corrected chi connectivity index (χ2v) is 3.91. The Morgan fingerprint density at radius 1 is 1.00 bits per heavy atom. The highest BCUT2D eigenvalue weighted by Crippen LogP contribution is 2.30. The fraction of sp³-hybridized carbons (Fsp3) is 0.182. The van der Waals surface area contributed by atoms with Crippen LogP contribution in [-0.4, -0.2) is 15.0 Å². The minimum Gasteiger partial charge on any atom is -0.302 e. The van der Waals surface area contributed by atoms with E-state index in [0.29, 0.717) is 18.3 Å². The van der Waals surface area contributed by atoms with Crippen LogP contribution in [0.2, 0.25) is 0 Å². The zero-order valence-electron chi connectivity index (χ0n) is 9.88. The molecule has 2 rings (SSSR count). The molecule has 4 nitrogen and oxygen atoms in total. The Kier molecular flexibility index (Phi) is 3.47. The van der Waals surface area contributed by atoms with Crippen molar-refractivity contribution in [1.29, 1.82) is 0 Å². The fourth-order valence-corrected chi connectivity index (χ4v) is 1.47. The summed E-state index contributed by atoms with van der Waals surface area (Å²) in [4.78, 5) is 19.0. The van der Waals surface area contributed by atoms with Crippen molar-refractivity contribution in [2.24, 2.45) is 0 Å². The van der Waals surface area contributed by atoms with Crippen LogP contribution in [0.4, 0.5) is 26.3 Å². The second-order valence-electron chi connectivity index (χ2n) is 3.91. The van der Waals surface area contributed by atoms with E-state index >= 15 is 0 Å². The quantitative estimate of drug-likeness (QED) is 0.824. The highest BCUT2D eigenvalue weighted by molar-refractivity contribution is 5.58. The molecule has 0 amide bonds. The van der Waals surface area contributed by atoms with Crippen LogP contribution < -0.4 is 5.69 Å². The van der Waals surface area contributed by atoms with Gasteiger partial charge in [0.1, 0.15) is 11.4 Å². The Morgan fingerprint density at radius 2 is 1.67 bits per heavy atom. The third-order valence-electron chi connectivity index (χ3n) is 2.40. The van der Waals surface area contributed by atoms with Crippen LogP contribution in [0.3, 0.4) is 0 Å². The number of aromatic amines is 1. The average molecular weight is 309 g/mol. The normalized spacial score (nSPS) is 12.5. The van der Waals surface area contributed by atoms with E-state index in [1.807, 2.05) is 0 Å². The Hall–Kier alpha value is -2.39. The van der Waals surface area contributed by atoms with E-state index < -0.39 is 35.1 Å². The van der Waals surface area contributed by atoms with Crippen LogP contribution in [0, 0.1) is 0 Å². The van der Waals surface area contributed by atoms with Gasteiger partial charge in [0.15, 0.2) is 0 Å². The first kappa shape index (κ1) is 15.0. The van der Waals surface area contributed by atoms with Crippen LogP contribution >= 0.6 is 0 Å². The zero-order valence-corrected chi connectivity index (χ0v) is 9.88. The SMILES string of the molecule is O=c1nc(-c2ccc(C(F)(F)F)nc2)cc(C(F)(F)F)[nH]1. The third kappa shape index (κ3) is 3.38. The summed E-state index contributed by atoms with van der Waals surface area (Å²) in [6, 6.07) is 1.99. The summed E-state index contributed by atoms with van der Waals surface area (Å²) in [6.07, 6.45) is -8.78. The molecule has 0 aliphatic rings. The van der Waals surface area contributed by atoms with Gasteiger partial charge in [0.2, 0.25) is 0 Å². The predicted molar refractivity (Wildman–Crippen MR) is 58.1 cm³/mol. The van der Waals surface area contributed by atoms with Gasteiger partial charge in [-0.05, 0) is 18.2 Å². The number of pyridine rings is 1. The molecule has 10 heteroatoms. The number of alkyl halides is 6. The maximum atomic E-state index is 12.5. The van der Waals surface area contributed by atoms with Crippen molar-refractivity contribution in [3.8, 4) is 11.3 Å². The lowest BCUT2D eigenvalue weighted by molar-refractivity contribution is -0.142. The van der Waals surface area contributed by atoms with Gasteiger partial charge in [0.25, 0.3) is 0 Å². The topological polar surface area (TPSA) is 58.6 Å². The molecule has 2 aromatic rings. The molecule has 0 saturated carbocycles. The van der Waals surface area contributed by atoms with Gasteiger partial charge in [-0.1, -0.05) is 0 Å². The molecule has 0 atom stereocenters. The molecule has 112 valence electrons. The minimum absolute atomic E-state index is 0.139. The largest absolute Gasteiger partial charge is 0.433 e. The summed E-state index contributed by atoms with van der Waals surface area (Å²) in [5, 5.41) is 0. The molecule has 0 spiro atoms. The van der Waals surface area contributed by atoms with Crippen molar-refractivity contribution in [3.63, 3.8) is 0 Å². The smallest absolute Gasteiger partial charge is 0.302 e. The van der Waals surface area contributed by atoms with E-state index in [9.17, 15) is 31.1 Å². The van der Waals surface area contributed by atoms with Crippen molar-refractivity contribution in [2.45, 2.75) is 12.4 Å². The van der Waals surface area contributed by atoms with E-state index in [1.54, 1.807) is 0 Å². The first-order valence-corrected chi connectivity index (χ1v) is 5.29. The molecular formula is C11H5F6N3O. The van der Waals surface area contributed by atoms with Gasteiger partial charge >= 0.3 is 18.0 Å². The van der Waals surface area contributed by atoms with Crippen LogP contribution in [0.25, 0.3) is 11.3 Å². The maximum absolute atomic E-state index is 12.5. The van der Waals surface area contributed by atoms with E-state index in [-0.39, 0.29) is 5.56 Å². The molecule has 0 aliphatic carbocycles. The van der Waals surface area contributed by atoms with Crippen molar-refractivity contribution < 1.29 is 26.3 Å². The molecule has 0 unspecified atom stereocenters. The standard InChI is InChI=1S/C11H5F6N3O/c12-10(13,14)7-2-1-5(4-18-7)6-3-8(11(15,16)17)20-9(21)19-6/h1-4H,(H,19,20,21). The van der Waals surface area contributed by atoms with Crippen LogP contribution in [0.15, 0.2) is 29.2 Å². The molecule has 0 aliphatic heterocycles. The van der Waals surface area contributed by atoms with E-state index in [2.05, 4.69) is 9.97 Å². The van der Waals surface area contributed by atoms with Gasteiger partial charge in [-0.15, -0.1) is 0 Å². The number of rotatable bonds is 1. The molecule has 21 heavy (non-hydrogen) atoms. The first-order valence-electron chi connectivity index (χ1n) is 5.29. The monoisotopic (exact) mass is 309 g/mol. The molecule has 0 bridgehead atoms. The molecular weight excluding hydrogens is 304 g/mol. The van der Waals surface area contributed by atoms with Crippen molar-refractivity contribution in [2.75, 3.05) is 0 Å². The number of hydrogen-bond acceptors (Lipinski definition) is 3. The lowest BCUT2D eigenvalue weighted by atomic mass is 10.1. The number of nitrogens with one attached hydrogen (secondary N) is 1.